The fraction of sp³-hybridized carbons (Fsp3) is 0.250. The predicted octanol–water partition coefficient (Wildman–Crippen LogP) is 3.38. The number of aldehydes is 1. The first-order valence-corrected chi connectivity index (χ1v) is 9.37. The summed E-state index contributed by atoms with van der Waals surface area (Å²) in [5, 5.41) is 0.609. The molecular formula is C16H14ClN3O2S2. The Morgan fingerprint density at radius 3 is 2.79 bits per heavy atom. The average molecular weight is 380 g/mol. The second kappa shape index (κ2) is 7.46. The van der Waals surface area contributed by atoms with E-state index in [4.69, 9.17) is 11.6 Å². The predicted molar refractivity (Wildman–Crippen MR) is 97.8 cm³/mol. The second-order valence-corrected chi connectivity index (χ2v) is 7.71. The van der Waals surface area contributed by atoms with Crippen LogP contribution in [0.5, 0.6) is 0 Å². The number of carbonyl (C=O) groups is 2. The monoisotopic (exact) mass is 379 g/mol. The highest BCUT2D eigenvalue weighted by Gasteiger charge is 2.40. The molecule has 1 saturated heterocycles. The SMILES string of the molecule is C/N=C1\SCC(c2cnc(Cl)s2)N1C(=O)C(C=O)c1ccccc1. The van der Waals surface area contributed by atoms with E-state index in [0.29, 0.717) is 27.2 Å². The van der Waals surface area contributed by atoms with Gasteiger partial charge in [-0.15, -0.1) is 11.3 Å². The van der Waals surface area contributed by atoms with E-state index in [9.17, 15) is 9.59 Å². The van der Waals surface area contributed by atoms with Gasteiger partial charge in [-0.3, -0.25) is 14.7 Å². The number of amides is 1. The number of thioether (sulfide) groups is 1. The third-order valence-electron chi connectivity index (χ3n) is 3.70. The van der Waals surface area contributed by atoms with Crippen LogP contribution in [0.3, 0.4) is 0 Å². The molecule has 0 radical (unpaired) electrons. The molecule has 24 heavy (non-hydrogen) atoms. The van der Waals surface area contributed by atoms with Crippen LogP contribution < -0.4 is 0 Å². The van der Waals surface area contributed by atoms with Crippen molar-refractivity contribution in [3.63, 3.8) is 0 Å². The van der Waals surface area contributed by atoms with Crippen LogP contribution in [0.15, 0.2) is 41.5 Å². The maximum absolute atomic E-state index is 13.1. The first kappa shape index (κ1) is 17.1. The maximum Gasteiger partial charge on any atom is 0.243 e. The van der Waals surface area contributed by atoms with Crippen molar-refractivity contribution in [1.82, 2.24) is 9.88 Å². The van der Waals surface area contributed by atoms with Crippen LogP contribution in [0, 0.1) is 0 Å². The summed E-state index contributed by atoms with van der Waals surface area (Å²) in [5.41, 5.74) is 0.672. The van der Waals surface area contributed by atoms with Gasteiger partial charge < -0.3 is 4.79 Å². The molecule has 0 saturated carbocycles. The fourth-order valence-corrected chi connectivity index (χ4v) is 4.84. The van der Waals surface area contributed by atoms with Crippen molar-refractivity contribution in [2.45, 2.75) is 12.0 Å². The van der Waals surface area contributed by atoms with Gasteiger partial charge in [-0.05, 0) is 5.56 Å². The molecule has 8 heteroatoms. The number of carbonyl (C=O) groups excluding carboxylic acids is 2. The topological polar surface area (TPSA) is 62.6 Å². The third-order valence-corrected chi connectivity index (χ3v) is 6.04. The molecule has 0 N–H and O–H groups in total. The Kier molecular flexibility index (Phi) is 5.33. The minimum absolute atomic E-state index is 0.211. The lowest BCUT2D eigenvalue weighted by Gasteiger charge is -2.25. The Morgan fingerprint density at radius 2 is 2.21 bits per heavy atom. The standard InChI is InChI=1S/C16H14ClN3O2S2/c1-18-16-20(12(9-23-16)13-7-19-15(17)24-13)14(22)11(8-21)10-5-3-2-4-6-10/h2-8,11-12H,9H2,1H3/b18-16-. The molecule has 1 amide bonds. The van der Waals surface area contributed by atoms with Crippen LogP contribution in [-0.2, 0) is 9.59 Å². The first-order chi connectivity index (χ1) is 11.7. The van der Waals surface area contributed by atoms with Crippen molar-refractivity contribution in [2.75, 3.05) is 12.8 Å². The number of aliphatic imine (C=N–C) groups is 1. The Labute approximate surface area is 152 Å². The Morgan fingerprint density at radius 1 is 1.46 bits per heavy atom. The number of benzene rings is 1. The van der Waals surface area contributed by atoms with Crippen LogP contribution in [0.2, 0.25) is 4.47 Å². The van der Waals surface area contributed by atoms with Crippen LogP contribution >= 0.6 is 34.7 Å². The molecule has 0 spiro atoms. The van der Waals surface area contributed by atoms with E-state index >= 15 is 0 Å². The van der Waals surface area contributed by atoms with E-state index < -0.39 is 5.92 Å². The quantitative estimate of drug-likeness (QED) is 0.603. The molecule has 1 aliphatic rings. The van der Waals surface area contributed by atoms with Gasteiger partial charge in [0.05, 0.1) is 6.04 Å². The van der Waals surface area contributed by atoms with Gasteiger partial charge in [-0.1, -0.05) is 53.7 Å². The average Bonchev–Trinajstić information content (AvgIpc) is 3.22. The van der Waals surface area contributed by atoms with Crippen LogP contribution in [0.4, 0.5) is 0 Å². The van der Waals surface area contributed by atoms with E-state index in [2.05, 4.69) is 9.98 Å². The van der Waals surface area contributed by atoms with Crippen LogP contribution in [0.1, 0.15) is 22.4 Å². The van der Waals surface area contributed by atoms with Gasteiger partial charge in [0.1, 0.15) is 12.2 Å². The third kappa shape index (κ3) is 3.24. The lowest BCUT2D eigenvalue weighted by atomic mass is 9.98. The number of thiazole rings is 1. The molecular weight excluding hydrogens is 366 g/mol. The summed E-state index contributed by atoms with van der Waals surface area (Å²) < 4.78 is 0.430. The van der Waals surface area contributed by atoms with Crippen molar-refractivity contribution in [3.8, 4) is 0 Å². The van der Waals surface area contributed by atoms with Crippen LogP contribution in [-0.4, -0.2) is 40.0 Å². The van der Waals surface area contributed by atoms with Gasteiger partial charge in [0.25, 0.3) is 0 Å². The number of hydrogen-bond donors (Lipinski definition) is 0. The maximum atomic E-state index is 13.1. The molecule has 0 bridgehead atoms. The molecule has 3 rings (SSSR count). The van der Waals surface area contributed by atoms with Crippen molar-refractivity contribution in [3.05, 3.63) is 51.4 Å². The number of amidine groups is 1. The molecule has 2 unspecified atom stereocenters. The van der Waals surface area contributed by atoms with E-state index in [0.717, 1.165) is 4.88 Å². The fourth-order valence-electron chi connectivity index (χ4n) is 2.57. The molecule has 2 aromatic rings. The zero-order chi connectivity index (χ0) is 17.1. The summed E-state index contributed by atoms with van der Waals surface area (Å²) in [6.45, 7) is 0. The smallest absolute Gasteiger partial charge is 0.243 e. The van der Waals surface area contributed by atoms with Crippen molar-refractivity contribution in [2.24, 2.45) is 4.99 Å². The summed E-state index contributed by atoms with van der Waals surface area (Å²) in [6.07, 6.45) is 2.36. The van der Waals surface area contributed by atoms with Crippen molar-refractivity contribution >= 4 is 52.1 Å². The largest absolute Gasteiger partial charge is 0.302 e. The van der Waals surface area contributed by atoms with E-state index in [-0.39, 0.29) is 11.9 Å². The summed E-state index contributed by atoms with van der Waals surface area (Å²) in [6, 6.07) is 8.82. The zero-order valence-electron chi connectivity index (χ0n) is 12.8. The van der Waals surface area contributed by atoms with Crippen LogP contribution in [0.25, 0.3) is 0 Å². The lowest BCUT2D eigenvalue weighted by molar-refractivity contribution is -0.132. The summed E-state index contributed by atoms with van der Waals surface area (Å²) in [5.74, 6) is -0.471. The molecule has 124 valence electrons. The van der Waals surface area contributed by atoms with E-state index in [1.54, 1.807) is 30.3 Å². The molecule has 0 aliphatic carbocycles. The van der Waals surface area contributed by atoms with Crippen molar-refractivity contribution in [1.29, 1.82) is 0 Å². The molecule has 1 fully saturated rings. The first-order valence-electron chi connectivity index (χ1n) is 7.19. The summed E-state index contributed by atoms with van der Waals surface area (Å²) >= 11 is 8.76. The highest BCUT2D eigenvalue weighted by Crippen LogP contribution is 2.40. The Balaban J connectivity index is 1.96. The van der Waals surface area contributed by atoms with Gasteiger partial charge in [-0.2, -0.15) is 0 Å². The van der Waals surface area contributed by atoms with E-state index in [1.165, 1.54) is 23.1 Å². The van der Waals surface area contributed by atoms with Gasteiger partial charge in [-0.25, -0.2) is 4.98 Å². The molecule has 1 aliphatic heterocycles. The highest BCUT2D eigenvalue weighted by atomic mass is 35.5. The normalized spacial score (nSPS) is 20.3. The Hall–Kier alpha value is -1.70. The highest BCUT2D eigenvalue weighted by molar-refractivity contribution is 8.14. The van der Waals surface area contributed by atoms with Gasteiger partial charge >= 0.3 is 0 Å². The van der Waals surface area contributed by atoms with Gasteiger partial charge in [0.2, 0.25) is 5.91 Å². The minimum atomic E-state index is -0.854. The number of nitrogens with zero attached hydrogens (tertiary/aromatic N) is 3. The molecule has 2 atom stereocenters. The Bertz CT molecular complexity index is 779. The number of hydrogen-bond acceptors (Lipinski definition) is 6. The lowest BCUT2D eigenvalue weighted by Crippen LogP contribution is -2.38. The summed E-state index contributed by atoms with van der Waals surface area (Å²) in [4.78, 5) is 35.5. The van der Waals surface area contributed by atoms with Gasteiger partial charge in [0, 0.05) is 23.9 Å². The molecule has 5 nitrogen and oxygen atoms in total. The number of rotatable bonds is 4. The molecule has 1 aromatic heterocycles. The number of aromatic nitrogens is 1. The zero-order valence-corrected chi connectivity index (χ0v) is 15.1. The second-order valence-electron chi connectivity index (χ2n) is 5.08. The van der Waals surface area contributed by atoms with Gasteiger partial charge in [0.15, 0.2) is 9.63 Å². The van der Waals surface area contributed by atoms with E-state index in [1.807, 2.05) is 18.2 Å². The summed E-state index contributed by atoms with van der Waals surface area (Å²) in [7, 11) is 1.64. The number of halogens is 1. The molecule has 2 heterocycles. The van der Waals surface area contributed by atoms with Crippen molar-refractivity contribution < 1.29 is 9.59 Å². The molecule has 1 aromatic carbocycles. The minimum Gasteiger partial charge on any atom is -0.302 e.